The van der Waals surface area contributed by atoms with Crippen LogP contribution in [0.1, 0.15) is 0 Å². The minimum Gasteiger partial charge on any atom is -0.318 e. The first-order chi connectivity index (χ1) is 14.1. The van der Waals surface area contributed by atoms with E-state index in [2.05, 4.69) is 20.4 Å². The van der Waals surface area contributed by atoms with E-state index in [1.807, 2.05) is 20.3 Å². The zero-order chi connectivity index (χ0) is 20.4. The smallest absolute Gasteiger partial charge is 0.160 e. The molecule has 0 saturated carbocycles. The highest BCUT2D eigenvalue weighted by atomic mass is 19.1. The van der Waals surface area contributed by atoms with Gasteiger partial charge in [0.25, 0.3) is 0 Å². The van der Waals surface area contributed by atoms with Crippen molar-refractivity contribution in [3.8, 4) is 11.3 Å². The molecule has 3 aromatic heterocycles. The maximum absolute atomic E-state index is 14.1. The van der Waals surface area contributed by atoms with Crippen molar-refractivity contribution in [2.75, 3.05) is 13.6 Å². The van der Waals surface area contributed by atoms with Crippen LogP contribution in [0.15, 0.2) is 53.9 Å². The van der Waals surface area contributed by atoms with Gasteiger partial charge < -0.3 is 9.88 Å². The summed E-state index contributed by atoms with van der Waals surface area (Å²) in [5.74, 6) is -1.44. The summed E-state index contributed by atoms with van der Waals surface area (Å²) in [6, 6.07) is 7.10. The van der Waals surface area contributed by atoms with Gasteiger partial charge in [0.05, 0.1) is 18.1 Å². The number of para-hydroxylation sites is 1. The summed E-state index contributed by atoms with van der Waals surface area (Å²) in [5.41, 5.74) is 2.75. The van der Waals surface area contributed by atoms with Gasteiger partial charge >= 0.3 is 0 Å². The molecule has 9 heteroatoms. The predicted octanol–water partition coefficient (Wildman–Crippen LogP) is 2.56. The van der Waals surface area contributed by atoms with Crippen molar-refractivity contribution >= 4 is 16.9 Å². The van der Waals surface area contributed by atoms with Crippen molar-refractivity contribution in [1.82, 2.24) is 29.6 Å². The molecule has 4 aromatic rings. The highest BCUT2D eigenvalue weighted by molar-refractivity contribution is 5.73. The Balaban J connectivity index is 1.95. The van der Waals surface area contributed by atoms with E-state index in [0.717, 1.165) is 5.56 Å². The maximum atomic E-state index is 14.1. The van der Waals surface area contributed by atoms with Gasteiger partial charge in [-0.3, -0.25) is 9.67 Å². The zero-order valence-corrected chi connectivity index (χ0v) is 16.0. The fourth-order valence-corrected chi connectivity index (χ4v) is 3.00. The van der Waals surface area contributed by atoms with Crippen LogP contribution in [0.25, 0.3) is 22.4 Å². The highest BCUT2D eigenvalue weighted by Crippen LogP contribution is 2.21. The molecular weight excluding hydrogens is 376 g/mol. The largest absolute Gasteiger partial charge is 0.318 e. The summed E-state index contributed by atoms with van der Waals surface area (Å²) >= 11 is 0. The van der Waals surface area contributed by atoms with Gasteiger partial charge in [-0.1, -0.05) is 6.07 Å². The first kappa shape index (κ1) is 18.9. The van der Waals surface area contributed by atoms with Crippen LogP contribution < -0.4 is 10.8 Å². The van der Waals surface area contributed by atoms with E-state index in [1.54, 1.807) is 33.8 Å². The molecule has 0 radical (unpaired) electrons. The van der Waals surface area contributed by atoms with Gasteiger partial charge in [-0.15, -0.1) is 0 Å². The van der Waals surface area contributed by atoms with Gasteiger partial charge in [0, 0.05) is 31.9 Å². The molecular formula is C20H19F2N7. The number of aromatic nitrogens is 5. The molecule has 0 saturated heterocycles. The second kappa shape index (κ2) is 7.88. The number of rotatable bonds is 5. The third-order valence-electron chi connectivity index (χ3n) is 4.45. The summed E-state index contributed by atoms with van der Waals surface area (Å²) < 4.78 is 31.7. The van der Waals surface area contributed by atoms with Crippen LogP contribution in [-0.4, -0.2) is 37.9 Å². The molecule has 0 atom stereocenters. The van der Waals surface area contributed by atoms with Crippen LogP contribution in [0.5, 0.6) is 0 Å². The van der Waals surface area contributed by atoms with Crippen molar-refractivity contribution in [1.29, 1.82) is 0 Å². The van der Waals surface area contributed by atoms with Crippen molar-refractivity contribution in [3.63, 3.8) is 0 Å². The van der Waals surface area contributed by atoms with E-state index in [0.29, 0.717) is 35.4 Å². The third-order valence-corrected chi connectivity index (χ3v) is 4.45. The van der Waals surface area contributed by atoms with Crippen LogP contribution in [-0.2, 0) is 13.6 Å². The van der Waals surface area contributed by atoms with Crippen LogP contribution >= 0.6 is 0 Å². The fourth-order valence-electron chi connectivity index (χ4n) is 3.00. The SMILES string of the molecule is CNCCn1/c(=N/c2c(F)cccc2F)ccc2ncc(-c3cnn(C)c3)nc21. The normalized spacial score (nSPS) is 12.1. The summed E-state index contributed by atoms with van der Waals surface area (Å²) in [6.07, 6.45) is 5.22. The second-order valence-electron chi connectivity index (χ2n) is 6.50. The third kappa shape index (κ3) is 3.77. The average Bonchev–Trinajstić information content (AvgIpc) is 3.15. The van der Waals surface area contributed by atoms with Crippen LogP contribution in [0.3, 0.4) is 0 Å². The topological polar surface area (TPSA) is 72.9 Å². The second-order valence-corrected chi connectivity index (χ2v) is 6.50. The minimum atomic E-state index is -0.722. The first-order valence-corrected chi connectivity index (χ1v) is 9.06. The Kier molecular flexibility index (Phi) is 5.13. The van der Waals surface area contributed by atoms with Gasteiger partial charge in [-0.25, -0.2) is 18.8 Å². The Bertz CT molecular complexity index is 1220. The number of nitrogens with one attached hydrogen (secondary N) is 1. The summed E-state index contributed by atoms with van der Waals surface area (Å²) in [6.45, 7) is 1.11. The lowest BCUT2D eigenvalue weighted by Crippen LogP contribution is -2.27. The Hall–Kier alpha value is -3.46. The number of likely N-dealkylation sites (N-methyl/N-ethyl adjacent to an activating group) is 1. The van der Waals surface area contributed by atoms with Crippen molar-refractivity contribution in [2.45, 2.75) is 6.54 Å². The van der Waals surface area contributed by atoms with Crippen molar-refractivity contribution < 1.29 is 8.78 Å². The molecule has 1 aromatic carbocycles. The van der Waals surface area contributed by atoms with E-state index in [1.165, 1.54) is 18.2 Å². The molecule has 0 fully saturated rings. The highest BCUT2D eigenvalue weighted by Gasteiger charge is 2.11. The van der Waals surface area contributed by atoms with Crippen LogP contribution in [0.2, 0.25) is 0 Å². The number of halogens is 2. The Morgan fingerprint density at radius 3 is 2.59 bits per heavy atom. The summed E-state index contributed by atoms with van der Waals surface area (Å²) in [5, 5.41) is 7.24. The standard InChI is InChI=1S/C20H19F2N7/c1-23-8-9-29-18(27-19-14(21)4-3-5-15(19)22)7-6-16-20(29)26-17(11-24-16)13-10-25-28(2)12-13/h3-7,10-12,23H,8-9H2,1-2H3/b27-18+. The molecule has 29 heavy (non-hydrogen) atoms. The maximum Gasteiger partial charge on any atom is 0.160 e. The van der Waals surface area contributed by atoms with Gasteiger partial charge in [-0.05, 0) is 31.3 Å². The van der Waals surface area contributed by atoms with E-state index in [9.17, 15) is 8.78 Å². The molecule has 0 unspecified atom stereocenters. The number of pyridine rings is 1. The van der Waals surface area contributed by atoms with Gasteiger partial charge in [0.15, 0.2) is 17.3 Å². The van der Waals surface area contributed by atoms with Crippen LogP contribution in [0.4, 0.5) is 14.5 Å². The number of hydrogen-bond donors (Lipinski definition) is 1. The lowest BCUT2D eigenvalue weighted by Gasteiger charge is -2.12. The molecule has 148 valence electrons. The van der Waals surface area contributed by atoms with Gasteiger partial charge in [-0.2, -0.15) is 5.10 Å². The van der Waals surface area contributed by atoms with Crippen molar-refractivity contribution in [2.24, 2.45) is 12.0 Å². The van der Waals surface area contributed by atoms with Gasteiger partial charge in [0.2, 0.25) is 0 Å². The predicted molar refractivity (Wildman–Crippen MR) is 105 cm³/mol. The van der Waals surface area contributed by atoms with Crippen LogP contribution in [0, 0.1) is 11.6 Å². The molecule has 7 nitrogen and oxygen atoms in total. The van der Waals surface area contributed by atoms with E-state index in [-0.39, 0.29) is 5.69 Å². The van der Waals surface area contributed by atoms with Crippen molar-refractivity contribution in [3.05, 3.63) is 66.0 Å². The van der Waals surface area contributed by atoms with E-state index in [4.69, 9.17) is 4.98 Å². The molecule has 4 rings (SSSR count). The number of aryl methyl sites for hydroxylation is 1. The van der Waals surface area contributed by atoms with E-state index < -0.39 is 11.6 Å². The molecule has 0 aliphatic rings. The number of benzene rings is 1. The average molecular weight is 395 g/mol. The molecule has 0 amide bonds. The minimum absolute atomic E-state index is 0.332. The lowest BCUT2D eigenvalue weighted by atomic mass is 10.2. The first-order valence-electron chi connectivity index (χ1n) is 9.06. The fraction of sp³-hybridized carbons (Fsp3) is 0.200. The van der Waals surface area contributed by atoms with E-state index >= 15 is 0 Å². The number of fused-ring (bicyclic) bond motifs is 1. The number of nitrogens with zero attached hydrogens (tertiary/aromatic N) is 6. The lowest BCUT2D eigenvalue weighted by molar-refractivity contribution is 0.582. The Labute approximate surface area is 165 Å². The number of hydrogen-bond acceptors (Lipinski definition) is 5. The summed E-state index contributed by atoms with van der Waals surface area (Å²) in [4.78, 5) is 13.5. The molecule has 0 aliphatic carbocycles. The zero-order valence-electron chi connectivity index (χ0n) is 16.0. The Morgan fingerprint density at radius 2 is 1.90 bits per heavy atom. The quantitative estimate of drug-likeness (QED) is 0.564. The van der Waals surface area contributed by atoms with Gasteiger partial charge in [0.1, 0.15) is 16.7 Å². The molecule has 0 spiro atoms. The molecule has 3 heterocycles. The monoisotopic (exact) mass is 395 g/mol. The molecule has 0 aliphatic heterocycles. The molecule has 1 N–H and O–H groups in total. The Morgan fingerprint density at radius 1 is 1.10 bits per heavy atom. The summed E-state index contributed by atoms with van der Waals surface area (Å²) in [7, 11) is 3.65. The molecule has 0 bridgehead atoms.